The molecule has 2 aromatic carbocycles. The fourth-order valence-electron chi connectivity index (χ4n) is 1.72. The molecule has 0 spiro atoms. The van der Waals surface area contributed by atoms with E-state index in [4.69, 9.17) is 15.2 Å². The van der Waals surface area contributed by atoms with E-state index >= 15 is 0 Å². The molecule has 0 saturated carbocycles. The summed E-state index contributed by atoms with van der Waals surface area (Å²) >= 11 is 0. The monoisotopic (exact) mass is 257 g/mol. The highest BCUT2D eigenvalue weighted by atomic mass is 16.5. The molecule has 0 saturated heterocycles. The molecule has 3 heteroatoms. The van der Waals surface area contributed by atoms with Gasteiger partial charge in [-0.05, 0) is 31.5 Å². The fraction of sp³-hybridized carbons (Fsp3) is 0.250. The molecule has 0 atom stereocenters. The number of hydrogen-bond donors (Lipinski definition) is 1. The van der Waals surface area contributed by atoms with Gasteiger partial charge in [0, 0.05) is 11.8 Å². The van der Waals surface area contributed by atoms with Crippen LogP contribution in [0, 0.1) is 0 Å². The molecular weight excluding hydrogens is 238 g/mol. The van der Waals surface area contributed by atoms with Crippen LogP contribution in [0.5, 0.6) is 11.5 Å². The van der Waals surface area contributed by atoms with Crippen molar-refractivity contribution in [3.63, 3.8) is 0 Å². The molecule has 3 nitrogen and oxygen atoms in total. The summed E-state index contributed by atoms with van der Waals surface area (Å²) in [6, 6.07) is 15.5. The molecule has 0 aliphatic rings. The molecule has 2 N–H and O–H groups in total. The van der Waals surface area contributed by atoms with Crippen molar-refractivity contribution >= 4 is 5.69 Å². The van der Waals surface area contributed by atoms with Crippen LogP contribution in [0.15, 0.2) is 48.5 Å². The molecule has 0 radical (unpaired) electrons. The van der Waals surface area contributed by atoms with Crippen molar-refractivity contribution in [2.75, 3.05) is 5.73 Å². The van der Waals surface area contributed by atoms with Crippen LogP contribution in [-0.2, 0) is 6.61 Å². The summed E-state index contributed by atoms with van der Waals surface area (Å²) in [7, 11) is 0. The van der Waals surface area contributed by atoms with Crippen molar-refractivity contribution in [3.05, 3.63) is 54.1 Å². The van der Waals surface area contributed by atoms with Gasteiger partial charge in [0.1, 0.15) is 6.61 Å². The minimum absolute atomic E-state index is 0.0997. The highest BCUT2D eigenvalue weighted by Gasteiger charge is 2.08. The average molecular weight is 257 g/mol. The van der Waals surface area contributed by atoms with Crippen molar-refractivity contribution in [1.29, 1.82) is 0 Å². The van der Waals surface area contributed by atoms with Crippen LogP contribution in [0.3, 0.4) is 0 Å². The summed E-state index contributed by atoms with van der Waals surface area (Å²) in [5, 5.41) is 0. The number of nitrogen functional groups attached to an aromatic ring is 1. The van der Waals surface area contributed by atoms with Crippen LogP contribution in [0.25, 0.3) is 0 Å². The molecule has 0 fully saturated rings. The largest absolute Gasteiger partial charge is 0.487 e. The Kier molecular flexibility index (Phi) is 4.29. The number of hydrogen-bond acceptors (Lipinski definition) is 3. The minimum Gasteiger partial charge on any atom is -0.487 e. The Balaban J connectivity index is 2.12. The summed E-state index contributed by atoms with van der Waals surface area (Å²) in [5.41, 5.74) is 7.57. The van der Waals surface area contributed by atoms with E-state index in [9.17, 15) is 0 Å². The molecule has 0 aliphatic carbocycles. The van der Waals surface area contributed by atoms with E-state index < -0.39 is 0 Å². The Hall–Kier alpha value is -2.16. The summed E-state index contributed by atoms with van der Waals surface area (Å²) in [4.78, 5) is 0. The second kappa shape index (κ2) is 6.14. The number of anilines is 1. The van der Waals surface area contributed by atoms with Crippen LogP contribution in [0.1, 0.15) is 19.4 Å². The van der Waals surface area contributed by atoms with E-state index in [0.717, 1.165) is 11.3 Å². The van der Waals surface area contributed by atoms with E-state index in [1.165, 1.54) is 0 Å². The lowest BCUT2D eigenvalue weighted by atomic mass is 10.2. The van der Waals surface area contributed by atoms with Gasteiger partial charge in [0.2, 0.25) is 0 Å². The maximum absolute atomic E-state index is 5.80. The zero-order valence-corrected chi connectivity index (χ0v) is 11.3. The van der Waals surface area contributed by atoms with Gasteiger partial charge in [-0.25, -0.2) is 0 Å². The summed E-state index contributed by atoms with van der Waals surface area (Å²) in [5.74, 6) is 1.40. The van der Waals surface area contributed by atoms with Crippen molar-refractivity contribution in [3.8, 4) is 11.5 Å². The Morgan fingerprint density at radius 3 is 2.42 bits per heavy atom. The van der Waals surface area contributed by atoms with Crippen molar-refractivity contribution < 1.29 is 9.47 Å². The molecule has 0 bridgehead atoms. The lowest BCUT2D eigenvalue weighted by molar-refractivity contribution is 0.218. The van der Waals surface area contributed by atoms with Gasteiger partial charge in [-0.1, -0.05) is 30.3 Å². The van der Waals surface area contributed by atoms with Crippen molar-refractivity contribution in [1.82, 2.24) is 0 Å². The fourth-order valence-corrected chi connectivity index (χ4v) is 1.72. The van der Waals surface area contributed by atoms with Crippen LogP contribution in [0.4, 0.5) is 5.69 Å². The maximum atomic E-state index is 5.80. The number of rotatable bonds is 5. The number of benzene rings is 2. The standard InChI is InChI=1S/C16H19NO2/c1-12(2)19-15-9-8-14(17)10-16(15)18-11-13-6-4-3-5-7-13/h3-10,12H,11,17H2,1-2H3. The first-order valence-corrected chi connectivity index (χ1v) is 6.38. The molecular formula is C16H19NO2. The van der Waals surface area contributed by atoms with Crippen LogP contribution in [-0.4, -0.2) is 6.10 Å². The second-order valence-corrected chi connectivity index (χ2v) is 4.65. The molecule has 2 rings (SSSR count). The average Bonchev–Trinajstić information content (AvgIpc) is 2.40. The highest BCUT2D eigenvalue weighted by molar-refractivity contribution is 5.52. The Morgan fingerprint density at radius 2 is 1.74 bits per heavy atom. The molecule has 0 heterocycles. The number of ether oxygens (including phenoxy) is 2. The molecule has 0 amide bonds. The van der Waals surface area contributed by atoms with Gasteiger partial charge < -0.3 is 15.2 Å². The van der Waals surface area contributed by atoms with Gasteiger partial charge in [0.05, 0.1) is 6.10 Å². The third-order valence-corrected chi connectivity index (χ3v) is 2.57. The van der Waals surface area contributed by atoms with Crippen LogP contribution < -0.4 is 15.2 Å². The van der Waals surface area contributed by atoms with Crippen molar-refractivity contribution in [2.45, 2.75) is 26.6 Å². The number of nitrogens with two attached hydrogens (primary N) is 1. The van der Waals surface area contributed by atoms with Gasteiger partial charge >= 0.3 is 0 Å². The molecule has 0 unspecified atom stereocenters. The predicted molar refractivity (Wildman–Crippen MR) is 77.4 cm³/mol. The van der Waals surface area contributed by atoms with Gasteiger partial charge in [-0.15, -0.1) is 0 Å². The highest BCUT2D eigenvalue weighted by Crippen LogP contribution is 2.30. The third kappa shape index (κ3) is 3.91. The van der Waals surface area contributed by atoms with E-state index in [1.807, 2.05) is 56.3 Å². The topological polar surface area (TPSA) is 44.5 Å². The normalized spacial score (nSPS) is 10.5. The van der Waals surface area contributed by atoms with Crippen molar-refractivity contribution in [2.24, 2.45) is 0 Å². The maximum Gasteiger partial charge on any atom is 0.163 e. The molecule has 100 valence electrons. The van der Waals surface area contributed by atoms with E-state index in [0.29, 0.717) is 18.0 Å². The van der Waals surface area contributed by atoms with Crippen LogP contribution in [0.2, 0.25) is 0 Å². The smallest absolute Gasteiger partial charge is 0.163 e. The summed E-state index contributed by atoms with van der Waals surface area (Å²) in [6.07, 6.45) is 0.0997. The lowest BCUT2D eigenvalue weighted by Gasteiger charge is -2.15. The summed E-state index contributed by atoms with van der Waals surface area (Å²) in [6.45, 7) is 4.47. The molecule has 0 aromatic heterocycles. The first kappa shape index (κ1) is 13.3. The Bertz CT molecular complexity index is 524. The molecule has 0 aliphatic heterocycles. The van der Waals surface area contributed by atoms with Crippen LogP contribution >= 0.6 is 0 Å². The first-order valence-electron chi connectivity index (χ1n) is 6.38. The Labute approximate surface area is 114 Å². The zero-order chi connectivity index (χ0) is 13.7. The molecule has 2 aromatic rings. The zero-order valence-electron chi connectivity index (χ0n) is 11.3. The lowest BCUT2D eigenvalue weighted by Crippen LogP contribution is -2.07. The Morgan fingerprint density at radius 1 is 1.00 bits per heavy atom. The van der Waals surface area contributed by atoms with Gasteiger partial charge in [-0.2, -0.15) is 0 Å². The first-order chi connectivity index (χ1) is 9.15. The van der Waals surface area contributed by atoms with E-state index in [-0.39, 0.29) is 6.10 Å². The quantitative estimate of drug-likeness (QED) is 0.832. The van der Waals surface area contributed by atoms with Gasteiger partial charge in [0.25, 0.3) is 0 Å². The van der Waals surface area contributed by atoms with Gasteiger partial charge in [0.15, 0.2) is 11.5 Å². The van der Waals surface area contributed by atoms with Gasteiger partial charge in [-0.3, -0.25) is 0 Å². The SMILES string of the molecule is CC(C)Oc1ccc(N)cc1OCc1ccccc1. The predicted octanol–water partition coefficient (Wildman–Crippen LogP) is 3.64. The second-order valence-electron chi connectivity index (χ2n) is 4.65. The third-order valence-electron chi connectivity index (χ3n) is 2.57. The van der Waals surface area contributed by atoms with E-state index in [2.05, 4.69) is 0 Å². The molecule has 19 heavy (non-hydrogen) atoms. The minimum atomic E-state index is 0.0997. The summed E-state index contributed by atoms with van der Waals surface area (Å²) < 4.78 is 11.5. The van der Waals surface area contributed by atoms with E-state index in [1.54, 1.807) is 6.07 Å².